The maximum Gasteiger partial charge on any atom is 0.416 e. The highest BCUT2D eigenvalue weighted by molar-refractivity contribution is 6.34. The highest BCUT2D eigenvalue weighted by atomic mass is 35.5. The minimum absolute atomic E-state index is 0.0953. The highest BCUT2D eigenvalue weighted by Gasteiger charge is 2.31. The maximum absolute atomic E-state index is 12.8. The van der Waals surface area contributed by atoms with E-state index in [4.69, 9.17) is 16.4 Å². The summed E-state index contributed by atoms with van der Waals surface area (Å²) >= 11 is 6.23. The zero-order chi connectivity index (χ0) is 22.6. The molecule has 0 radical (unpaired) electrons. The molecule has 0 spiro atoms. The summed E-state index contributed by atoms with van der Waals surface area (Å²) in [5.74, 6) is 0. The van der Waals surface area contributed by atoms with Crippen LogP contribution in [0.3, 0.4) is 0 Å². The van der Waals surface area contributed by atoms with Crippen LogP contribution in [0.15, 0.2) is 53.7 Å². The first-order chi connectivity index (χ1) is 14.6. The fourth-order valence-electron chi connectivity index (χ4n) is 3.20. The lowest BCUT2D eigenvalue weighted by atomic mass is 10.0. The van der Waals surface area contributed by atoms with Gasteiger partial charge in [0.1, 0.15) is 0 Å². The quantitative estimate of drug-likeness (QED) is 0.630. The molecule has 31 heavy (non-hydrogen) atoms. The normalized spacial score (nSPS) is 16.1. The number of alkyl halides is 3. The lowest BCUT2D eigenvalue weighted by molar-refractivity contribution is -0.137. The van der Waals surface area contributed by atoms with Gasteiger partial charge in [-0.05, 0) is 37.6 Å². The van der Waals surface area contributed by atoms with Crippen molar-refractivity contribution in [3.63, 3.8) is 0 Å². The van der Waals surface area contributed by atoms with Crippen LogP contribution in [-0.2, 0) is 17.6 Å². The highest BCUT2D eigenvalue weighted by Crippen LogP contribution is 2.29. The lowest BCUT2D eigenvalue weighted by Crippen LogP contribution is -2.45. The van der Waals surface area contributed by atoms with Crippen molar-refractivity contribution in [1.29, 1.82) is 0 Å². The predicted molar refractivity (Wildman–Crippen MR) is 113 cm³/mol. The van der Waals surface area contributed by atoms with E-state index < -0.39 is 17.8 Å². The second-order valence-corrected chi connectivity index (χ2v) is 8.04. The van der Waals surface area contributed by atoms with Crippen LogP contribution >= 0.6 is 11.6 Å². The summed E-state index contributed by atoms with van der Waals surface area (Å²) in [5.41, 5.74) is 1.31. The molecule has 2 aromatic carbocycles. The topological polar surface area (TPSA) is 53.9 Å². The van der Waals surface area contributed by atoms with E-state index >= 15 is 0 Å². The smallest absolute Gasteiger partial charge is 0.390 e. The molecule has 0 fully saturated rings. The van der Waals surface area contributed by atoms with Gasteiger partial charge in [-0.3, -0.25) is 0 Å². The molecule has 2 amide bonds. The van der Waals surface area contributed by atoms with Gasteiger partial charge in [-0.1, -0.05) is 47.1 Å². The van der Waals surface area contributed by atoms with Gasteiger partial charge in [0.05, 0.1) is 17.8 Å². The Morgan fingerprint density at radius 2 is 1.90 bits per heavy atom. The Kier molecular flexibility index (Phi) is 7.10. The Morgan fingerprint density at radius 3 is 2.52 bits per heavy atom. The van der Waals surface area contributed by atoms with Crippen LogP contribution in [0.2, 0.25) is 5.02 Å². The number of hydrogen-bond acceptors (Lipinski definition) is 3. The lowest BCUT2D eigenvalue weighted by Gasteiger charge is -2.26. The van der Waals surface area contributed by atoms with Crippen LogP contribution in [-0.4, -0.2) is 35.3 Å². The van der Waals surface area contributed by atoms with Crippen LogP contribution in [0.4, 0.5) is 18.0 Å². The Balaban J connectivity index is 1.70. The third-order valence-corrected chi connectivity index (χ3v) is 5.03. The van der Waals surface area contributed by atoms with E-state index in [1.54, 1.807) is 6.07 Å². The molecule has 3 rings (SSSR count). The van der Waals surface area contributed by atoms with Crippen LogP contribution < -0.4 is 5.32 Å². The fraction of sp³-hybridized carbons (Fsp3) is 0.364. The molecule has 0 unspecified atom stereocenters. The van der Waals surface area contributed by atoms with Gasteiger partial charge < -0.3 is 15.1 Å². The maximum atomic E-state index is 12.8. The predicted octanol–water partition coefficient (Wildman–Crippen LogP) is 5.47. The minimum Gasteiger partial charge on any atom is -0.390 e. The van der Waals surface area contributed by atoms with E-state index in [9.17, 15) is 18.0 Å². The molecule has 0 saturated carbocycles. The van der Waals surface area contributed by atoms with Crippen molar-refractivity contribution >= 4 is 23.3 Å². The zero-order valence-corrected chi connectivity index (χ0v) is 17.9. The van der Waals surface area contributed by atoms with E-state index in [2.05, 4.69) is 10.5 Å². The van der Waals surface area contributed by atoms with Crippen molar-refractivity contribution in [2.75, 3.05) is 6.54 Å². The van der Waals surface area contributed by atoms with Gasteiger partial charge in [-0.25, -0.2) is 4.79 Å². The molecule has 1 N–H and O–H groups in total. The van der Waals surface area contributed by atoms with Crippen LogP contribution in [0.25, 0.3) is 0 Å². The fourth-order valence-corrected chi connectivity index (χ4v) is 3.45. The molecular formula is C22H23ClF3N3O2. The van der Waals surface area contributed by atoms with Crippen LogP contribution in [0.1, 0.15) is 37.0 Å². The first kappa shape index (κ1) is 22.9. The molecule has 166 valence electrons. The molecule has 1 heterocycles. The molecule has 0 saturated heterocycles. The number of nitrogens with one attached hydrogen (secondary N) is 1. The van der Waals surface area contributed by atoms with Crippen LogP contribution in [0, 0.1) is 0 Å². The Hall–Kier alpha value is -2.74. The summed E-state index contributed by atoms with van der Waals surface area (Å²) in [5, 5.41) is 7.49. The van der Waals surface area contributed by atoms with Crippen molar-refractivity contribution in [3.8, 4) is 0 Å². The molecule has 2 aromatic rings. The first-order valence-corrected chi connectivity index (χ1v) is 10.2. The third kappa shape index (κ3) is 6.13. The molecule has 1 aliphatic rings. The number of urea groups is 1. The zero-order valence-electron chi connectivity index (χ0n) is 17.1. The van der Waals surface area contributed by atoms with Gasteiger partial charge in [-0.2, -0.15) is 13.2 Å². The molecular weight excluding hydrogens is 431 g/mol. The van der Waals surface area contributed by atoms with Crippen molar-refractivity contribution < 1.29 is 22.8 Å². The number of benzene rings is 2. The number of carbonyl (C=O) groups excluding carboxylic acids is 1. The average Bonchev–Trinajstić information content (AvgIpc) is 3.15. The second-order valence-electron chi connectivity index (χ2n) is 7.63. The van der Waals surface area contributed by atoms with Crippen LogP contribution in [0.5, 0.6) is 0 Å². The van der Waals surface area contributed by atoms with Crippen molar-refractivity contribution in [3.05, 3.63) is 70.2 Å². The van der Waals surface area contributed by atoms with Gasteiger partial charge in [0.25, 0.3) is 0 Å². The minimum atomic E-state index is -4.41. The van der Waals surface area contributed by atoms with Gasteiger partial charge >= 0.3 is 12.2 Å². The Bertz CT molecular complexity index is 946. The first-order valence-electron chi connectivity index (χ1n) is 9.82. The molecule has 1 aliphatic heterocycles. The van der Waals surface area contributed by atoms with Gasteiger partial charge in [0, 0.05) is 29.6 Å². The Morgan fingerprint density at radius 1 is 1.23 bits per heavy atom. The monoisotopic (exact) mass is 453 g/mol. The van der Waals surface area contributed by atoms with E-state index in [0.717, 1.165) is 17.7 Å². The molecule has 0 aromatic heterocycles. The molecule has 0 aliphatic carbocycles. The van der Waals surface area contributed by atoms with Crippen molar-refractivity contribution in [1.82, 2.24) is 10.2 Å². The second kappa shape index (κ2) is 9.60. The largest absolute Gasteiger partial charge is 0.416 e. The average molecular weight is 454 g/mol. The van der Waals surface area contributed by atoms with Crippen molar-refractivity contribution in [2.24, 2.45) is 5.16 Å². The van der Waals surface area contributed by atoms with Crippen molar-refractivity contribution in [2.45, 2.75) is 45.1 Å². The summed E-state index contributed by atoms with van der Waals surface area (Å²) in [4.78, 5) is 19.7. The number of halogens is 4. The molecule has 9 heteroatoms. The number of rotatable bonds is 6. The number of oxime groups is 1. The summed E-state index contributed by atoms with van der Waals surface area (Å²) in [6, 6.07) is 11.6. The third-order valence-electron chi connectivity index (χ3n) is 4.70. The van der Waals surface area contributed by atoms with E-state index in [1.165, 1.54) is 17.0 Å². The summed E-state index contributed by atoms with van der Waals surface area (Å²) < 4.78 is 38.4. The molecule has 0 bridgehead atoms. The van der Waals surface area contributed by atoms with E-state index in [0.29, 0.717) is 22.7 Å². The Labute approximate surface area is 183 Å². The number of amides is 2. The molecule has 5 nitrogen and oxygen atoms in total. The number of carbonyl (C=O) groups is 1. The summed E-state index contributed by atoms with van der Waals surface area (Å²) in [6.07, 6.45) is -4.34. The molecule has 1 atom stereocenters. The van der Waals surface area contributed by atoms with Gasteiger partial charge in [0.15, 0.2) is 6.10 Å². The summed E-state index contributed by atoms with van der Waals surface area (Å²) in [7, 11) is 0. The standard InChI is InChI=1S/C22H23ClF3N3O2/c1-14(2)27-21(30)29(12-15-7-9-16(10-8-15)22(24,25)26)13-17-11-20(28-31-17)18-5-3-4-6-19(18)23/h3-10,14,17H,11-13H2,1-2H3,(H,27,30)/t17-/m1/s1. The van der Waals surface area contributed by atoms with Gasteiger partial charge in [-0.15, -0.1) is 0 Å². The van der Waals surface area contributed by atoms with Gasteiger partial charge in [0.2, 0.25) is 0 Å². The summed E-state index contributed by atoms with van der Waals surface area (Å²) in [6.45, 7) is 4.02. The SMILES string of the molecule is CC(C)NC(=O)N(Cc1ccc(C(F)(F)F)cc1)C[C@H]1CC(c2ccccc2Cl)=NO1. The number of nitrogens with zero attached hydrogens (tertiary/aromatic N) is 2. The number of hydrogen-bond donors (Lipinski definition) is 1. The van der Waals surface area contributed by atoms with E-state index in [1.807, 2.05) is 32.0 Å². The van der Waals surface area contributed by atoms with E-state index in [-0.39, 0.29) is 25.2 Å².